The molecule has 0 saturated carbocycles. The van der Waals surface area contributed by atoms with Crippen molar-refractivity contribution in [3.8, 4) is 0 Å². The molecule has 1 N–H and O–H groups in total. The van der Waals surface area contributed by atoms with Gasteiger partial charge in [-0.2, -0.15) is 8.42 Å². The zero-order chi connectivity index (χ0) is 23.8. The highest BCUT2D eigenvalue weighted by Gasteiger charge is 2.13. The molecule has 0 aliphatic heterocycles. The minimum absolute atomic E-state index is 0.133. The Labute approximate surface area is 201 Å². The van der Waals surface area contributed by atoms with Crippen LogP contribution >= 0.6 is 0 Å². The van der Waals surface area contributed by atoms with Crippen LogP contribution in [-0.4, -0.2) is 19.6 Å². The maximum absolute atomic E-state index is 11.0. The first-order valence-corrected chi connectivity index (χ1v) is 15.5. The van der Waals surface area contributed by atoms with Crippen LogP contribution in [0.3, 0.4) is 0 Å². The highest BCUT2D eigenvalue weighted by atomic mass is 32.3. The SMILES string of the molecule is CCCCCCCCCCCCCC(CCCCCCCCCCCC)COS(=O)(=O)O. The Morgan fingerprint density at radius 2 is 0.812 bits per heavy atom. The molecule has 0 aliphatic carbocycles. The Morgan fingerprint density at radius 3 is 1.09 bits per heavy atom. The molecule has 0 aliphatic rings. The maximum atomic E-state index is 11.0. The van der Waals surface area contributed by atoms with Crippen molar-refractivity contribution in [1.82, 2.24) is 0 Å². The van der Waals surface area contributed by atoms with Gasteiger partial charge in [0, 0.05) is 0 Å². The first kappa shape index (κ1) is 31.9. The third-order valence-corrected chi connectivity index (χ3v) is 7.07. The van der Waals surface area contributed by atoms with E-state index >= 15 is 0 Å². The van der Waals surface area contributed by atoms with Gasteiger partial charge in [-0.3, -0.25) is 4.55 Å². The lowest BCUT2D eigenvalue weighted by molar-refractivity contribution is 0.204. The van der Waals surface area contributed by atoms with Gasteiger partial charge in [0.25, 0.3) is 0 Å². The molecule has 0 saturated heterocycles. The van der Waals surface area contributed by atoms with Gasteiger partial charge in [0.2, 0.25) is 0 Å². The molecule has 0 heterocycles. The van der Waals surface area contributed by atoms with E-state index in [1.54, 1.807) is 0 Å². The van der Waals surface area contributed by atoms with Crippen LogP contribution < -0.4 is 0 Å². The molecule has 0 spiro atoms. The van der Waals surface area contributed by atoms with Crippen molar-refractivity contribution in [3.05, 3.63) is 0 Å². The van der Waals surface area contributed by atoms with E-state index in [4.69, 9.17) is 8.74 Å². The third-order valence-electron chi connectivity index (χ3n) is 6.63. The average molecular weight is 477 g/mol. The topological polar surface area (TPSA) is 63.6 Å². The second-order valence-corrected chi connectivity index (χ2v) is 11.0. The molecule has 4 nitrogen and oxygen atoms in total. The van der Waals surface area contributed by atoms with E-state index in [0.29, 0.717) is 0 Å². The molecule has 0 fully saturated rings. The van der Waals surface area contributed by atoms with Crippen LogP contribution in [0.1, 0.15) is 162 Å². The van der Waals surface area contributed by atoms with Crippen LogP contribution in [0.4, 0.5) is 0 Å². The quantitative estimate of drug-likeness (QED) is 0.0997. The van der Waals surface area contributed by atoms with Gasteiger partial charge in [-0.25, -0.2) is 4.18 Å². The van der Waals surface area contributed by atoms with Crippen molar-refractivity contribution >= 4 is 10.4 Å². The molecule has 1 atom stereocenters. The van der Waals surface area contributed by atoms with E-state index < -0.39 is 10.4 Å². The zero-order valence-electron chi connectivity index (χ0n) is 21.6. The molecule has 0 aromatic heterocycles. The fraction of sp³-hybridized carbons (Fsp3) is 1.00. The van der Waals surface area contributed by atoms with E-state index in [0.717, 1.165) is 25.7 Å². The summed E-state index contributed by atoms with van der Waals surface area (Å²) in [6, 6.07) is 0. The second kappa shape index (κ2) is 24.0. The lowest BCUT2D eigenvalue weighted by atomic mass is 9.94. The number of hydrogen-bond donors (Lipinski definition) is 1. The van der Waals surface area contributed by atoms with Crippen molar-refractivity contribution in [2.45, 2.75) is 162 Å². The van der Waals surface area contributed by atoms with Gasteiger partial charge in [-0.15, -0.1) is 0 Å². The largest absolute Gasteiger partial charge is 0.397 e. The molecular formula is C27H56O4S. The first-order chi connectivity index (χ1) is 15.5. The van der Waals surface area contributed by atoms with Crippen molar-refractivity contribution in [3.63, 3.8) is 0 Å². The van der Waals surface area contributed by atoms with Gasteiger partial charge >= 0.3 is 10.4 Å². The van der Waals surface area contributed by atoms with Crippen LogP contribution in [0, 0.1) is 5.92 Å². The van der Waals surface area contributed by atoms with Crippen LogP contribution in [0.25, 0.3) is 0 Å². The van der Waals surface area contributed by atoms with Crippen LogP contribution in [0.15, 0.2) is 0 Å². The fourth-order valence-corrected chi connectivity index (χ4v) is 4.88. The summed E-state index contributed by atoms with van der Waals surface area (Å²) < 4.78 is 35.6. The molecule has 32 heavy (non-hydrogen) atoms. The van der Waals surface area contributed by atoms with Crippen LogP contribution in [0.2, 0.25) is 0 Å². The molecule has 0 radical (unpaired) electrons. The van der Waals surface area contributed by atoms with E-state index in [9.17, 15) is 8.42 Å². The number of unbranched alkanes of at least 4 members (excludes halogenated alkanes) is 19. The fourth-order valence-electron chi connectivity index (χ4n) is 4.51. The standard InChI is InChI=1S/C27H56O4S/c1-3-5-7-9-11-13-15-17-19-21-23-25-27(26-31-32(28,29)30)24-22-20-18-16-14-12-10-8-6-4-2/h27H,3-26H2,1-2H3,(H,28,29,30). The number of hydrogen-bond acceptors (Lipinski definition) is 3. The van der Waals surface area contributed by atoms with Crippen molar-refractivity contribution in [1.29, 1.82) is 0 Å². The average Bonchev–Trinajstić information content (AvgIpc) is 2.75. The van der Waals surface area contributed by atoms with E-state index in [1.165, 1.54) is 122 Å². The summed E-state index contributed by atoms with van der Waals surface area (Å²) in [7, 11) is -4.33. The molecule has 5 heteroatoms. The minimum atomic E-state index is -4.33. The lowest BCUT2D eigenvalue weighted by Crippen LogP contribution is -2.14. The summed E-state index contributed by atoms with van der Waals surface area (Å²) >= 11 is 0. The second-order valence-electron chi connectivity index (χ2n) is 9.87. The van der Waals surface area contributed by atoms with Crippen molar-refractivity contribution < 1.29 is 17.2 Å². The highest BCUT2D eigenvalue weighted by molar-refractivity contribution is 7.80. The van der Waals surface area contributed by atoms with Crippen LogP contribution in [0.5, 0.6) is 0 Å². The van der Waals surface area contributed by atoms with Gasteiger partial charge in [-0.05, 0) is 18.8 Å². The molecule has 0 rings (SSSR count). The Balaban J connectivity index is 3.77. The zero-order valence-corrected chi connectivity index (χ0v) is 22.4. The third kappa shape index (κ3) is 26.1. The maximum Gasteiger partial charge on any atom is 0.397 e. The van der Waals surface area contributed by atoms with E-state index in [2.05, 4.69) is 13.8 Å². The summed E-state index contributed by atoms with van der Waals surface area (Å²) in [6.45, 7) is 4.65. The normalized spacial score (nSPS) is 13.0. The van der Waals surface area contributed by atoms with Gasteiger partial charge in [-0.1, -0.05) is 149 Å². The molecule has 1 unspecified atom stereocenters. The Morgan fingerprint density at radius 1 is 0.531 bits per heavy atom. The first-order valence-electron chi connectivity index (χ1n) is 14.1. The van der Waals surface area contributed by atoms with Crippen molar-refractivity contribution in [2.75, 3.05) is 6.61 Å². The molecular weight excluding hydrogens is 420 g/mol. The minimum Gasteiger partial charge on any atom is -0.264 e. The molecule has 0 aromatic rings. The predicted octanol–water partition coefficient (Wildman–Crippen LogP) is 9.43. The van der Waals surface area contributed by atoms with Gasteiger partial charge in [0.1, 0.15) is 0 Å². The summed E-state index contributed by atoms with van der Waals surface area (Å²) in [5.41, 5.74) is 0. The summed E-state index contributed by atoms with van der Waals surface area (Å²) in [6.07, 6.45) is 29.6. The van der Waals surface area contributed by atoms with Gasteiger partial charge < -0.3 is 0 Å². The van der Waals surface area contributed by atoms with E-state index in [1.807, 2.05) is 0 Å². The van der Waals surface area contributed by atoms with Crippen molar-refractivity contribution in [2.24, 2.45) is 5.92 Å². The monoisotopic (exact) mass is 476 g/mol. The van der Waals surface area contributed by atoms with Gasteiger partial charge in [0.15, 0.2) is 0 Å². The summed E-state index contributed by atoms with van der Waals surface area (Å²) in [5, 5.41) is 0. The molecule has 0 bridgehead atoms. The summed E-state index contributed by atoms with van der Waals surface area (Å²) in [4.78, 5) is 0. The Kier molecular flexibility index (Phi) is 23.9. The molecule has 0 amide bonds. The Bertz CT molecular complexity index is 464. The number of rotatable bonds is 26. The lowest BCUT2D eigenvalue weighted by Gasteiger charge is -2.16. The van der Waals surface area contributed by atoms with Gasteiger partial charge in [0.05, 0.1) is 6.61 Å². The smallest absolute Gasteiger partial charge is 0.264 e. The predicted molar refractivity (Wildman–Crippen MR) is 139 cm³/mol. The Hall–Kier alpha value is -0.130. The highest BCUT2D eigenvalue weighted by Crippen LogP contribution is 2.21. The summed E-state index contributed by atoms with van der Waals surface area (Å²) in [5.74, 6) is 0.240. The molecule has 0 aromatic carbocycles. The van der Waals surface area contributed by atoms with Crippen LogP contribution in [-0.2, 0) is 14.6 Å². The molecule has 194 valence electrons. The van der Waals surface area contributed by atoms with E-state index in [-0.39, 0.29) is 12.5 Å².